The van der Waals surface area contributed by atoms with Gasteiger partial charge in [-0.15, -0.1) is 0 Å². The monoisotopic (exact) mass is 169 g/mol. The normalized spacial score (nSPS) is 27.2. The Labute approximate surface area is 74.7 Å². The van der Waals surface area contributed by atoms with Gasteiger partial charge in [-0.25, -0.2) is 0 Å². The molecule has 1 saturated heterocycles. The van der Waals surface area contributed by atoms with Crippen LogP contribution in [0.2, 0.25) is 0 Å². The predicted octanol–water partition coefficient (Wildman–Crippen LogP) is 1.41. The number of hydrogen-bond donors (Lipinski definition) is 1. The largest absolute Gasteiger partial charge is 0.378 e. The van der Waals surface area contributed by atoms with Crippen LogP contribution in [0.25, 0.3) is 0 Å². The quantitative estimate of drug-likeness (QED) is 0.687. The lowest BCUT2D eigenvalue weighted by molar-refractivity contribution is -0.00792. The zero-order valence-corrected chi connectivity index (χ0v) is 8.10. The van der Waals surface area contributed by atoms with Crippen LogP contribution in [0, 0.1) is 11.3 Å². The van der Waals surface area contributed by atoms with Gasteiger partial charge < -0.3 is 10.1 Å². The Morgan fingerprint density at radius 2 is 2.08 bits per heavy atom. The first-order valence-electron chi connectivity index (χ1n) is 5.04. The second kappa shape index (κ2) is 3.00. The minimum atomic E-state index is 0.648. The van der Waals surface area contributed by atoms with Crippen molar-refractivity contribution in [3.05, 3.63) is 0 Å². The fourth-order valence-electron chi connectivity index (χ4n) is 1.82. The number of rotatable bonds is 4. The smallest absolute Gasteiger partial charge is 0.0643 e. The van der Waals surface area contributed by atoms with Crippen LogP contribution in [0.3, 0.4) is 0 Å². The van der Waals surface area contributed by atoms with Crippen molar-refractivity contribution in [2.75, 3.05) is 19.8 Å². The highest BCUT2D eigenvalue weighted by Crippen LogP contribution is 2.51. The standard InChI is InChI=1S/C10H19NO/c1-8(2)10(3-4-10)7-11-9-5-12-6-9/h8-9,11H,3-7H2,1-2H3. The van der Waals surface area contributed by atoms with Gasteiger partial charge in [0.25, 0.3) is 0 Å². The van der Waals surface area contributed by atoms with Crippen molar-refractivity contribution in [1.29, 1.82) is 0 Å². The second-order valence-electron chi connectivity index (χ2n) is 4.63. The molecule has 0 atom stereocenters. The van der Waals surface area contributed by atoms with Crippen LogP contribution in [-0.4, -0.2) is 25.8 Å². The lowest BCUT2D eigenvalue weighted by Crippen LogP contribution is -2.48. The highest BCUT2D eigenvalue weighted by atomic mass is 16.5. The zero-order chi connectivity index (χ0) is 8.60. The van der Waals surface area contributed by atoms with Gasteiger partial charge in [0.2, 0.25) is 0 Å². The minimum absolute atomic E-state index is 0.648. The van der Waals surface area contributed by atoms with E-state index in [1.54, 1.807) is 0 Å². The average molecular weight is 169 g/mol. The summed E-state index contributed by atoms with van der Waals surface area (Å²) in [7, 11) is 0. The molecule has 1 saturated carbocycles. The molecule has 2 fully saturated rings. The zero-order valence-electron chi connectivity index (χ0n) is 8.10. The summed E-state index contributed by atoms with van der Waals surface area (Å²) < 4.78 is 5.12. The SMILES string of the molecule is CC(C)C1(CNC2COC2)CC1. The molecule has 2 rings (SSSR count). The highest BCUT2D eigenvalue weighted by Gasteiger charge is 2.45. The molecule has 0 bridgehead atoms. The fourth-order valence-corrected chi connectivity index (χ4v) is 1.82. The molecule has 12 heavy (non-hydrogen) atoms. The van der Waals surface area contributed by atoms with Gasteiger partial charge in [0, 0.05) is 6.54 Å². The van der Waals surface area contributed by atoms with Crippen LogP contribution in [0.4, 0.5) is 0 Å². The number of hydrogen-bond acceptors (Lipinski definition) is 2. The summed E-state index contributed by atoms with van der Waals surface area (Å²) in [6, 6.07) is 0.654. The molecule has 1 aliphatic carbocycles. The predicted molar refractivity (Wildman–Crippen MR) is 49.1 cm³/mol. The maximum atomic E-state index is 5.12. The molecule has 0 spiro atoms. The first kappa shape index (κ1) is 8.52. The Morgan fingerprint density at radius 1 is 1.42 bits per heavy atom. The van der Waals surface area contributed by atoms with E-state index >= 15 is 0 Å². The third-order valence-corrected chi connectivity index (χ3v) is 3.50. The van der Waals surface area contributed by atoms with E-state index in [-0.39, 0.29) is 0 Å². The summed E-state index contributed by atoms with van der Waals surface area (Å²) >= 11 is 0. The first-order valence-corrected chi connectivity index (χ1v) is 5.04. The Hall–Kier alpha value is -0.0800. The molecule has 2 aliphatic rings. The molecule has 0 aromatic rings. The minimum Gasteiger partial charge on any atom is -0.378 e. The van der Waals surface area contributed by atoms with Gasteiger partial charge in [0.05, 0.1) is 19.3 Å². The highest BCUT2D eigenvalue weighted by molar-refractivity contribution is 4.98. The van der Waals surface area contributed by atoms with Crippen LogP contribution in [-0.2, 0) is 4.74 Å². The van der Waals surface area contributed by atoms with E-state index in [9.17, 15) is 0 Å². The van der Waals surface area contributed by atoms with E-state index in [2.05, 4.69) is 19.2 Å². The Balaban J connectivity index is 1.71. The van der Waals surface area contributed by atoms with Crippen LogP contribution in [0.1, 0.15) is 26.7 Å². The van der Waals surface area contributed by atoms with Crippen molar-refractivity contribution in [2.24, 2.45) is 11.3 Å². The summed E-state index contributed by atoms with van der Waals surface area (Å²) in [6.07, 6.45) is 2.84. The van der Waals surface area contributed by atoms with Crippen molar-refractivity contribution < 1.29 is 4.74 Å². The molecular weight excluding hydrogens is 150 g/mol. The van der Waals surface area contributed by atoms with Crippen LogP contribution in [0.5, 0.6) is 0 Å². The summed E-state index contributed by atoms with van der Waals surface area (Å²) in [6.45, 7) is 7.74. The molecule has 0 radical (unpaired) electrons. The first-order chi connectivity index (χ1) is 5.73. The second-order valence-corrected chi connectivity index (χ2v) is 4.63. The van der Waals surface area contributed by atoms with E-state index in [4.69, 9.17) is 4.74 Å². The summed E-state index contributed by atoms with van der Waals surface area (Å²) in [5.41, 5.74) is 0.648. The molecule has 0 unspecified atom stereocenters. The van der Waals surface area contributed by atoms with Crippen molar-refractivity contribution in [1.82, 2.24) is 5.32 Å². The summed E-state index contributed by atoms with van der Waals surface area (Å²) in [4.78, 5) is 0. The maximum absolute atomic E-state index is 5.12. The molecule has 1 heterocycles. The van der Waals surface area contributed by atoms with Crippen molar-refractivity contribution in [3.63, 3.8) is 0 Å². The molecule has 0 amide bonds. The van der Waals surface area contributed by atoms with Gasteiger partial charge in [-0.3, -0.25) is 0 Å². The molecule has 70 valence electrons. The van der Waals surface area contributed by atoms with E-state index in [0.29, 0.717) is 11.5 Å². The Morgan fingerprint density at radius 3 is 2.42 bits per heavy atom. The molecule has 0 aromatic carbocycles. The van der Waals surface area contributed by atoms with E-state index in [0.717, 1.165) is 19.1 Å². The van der Waals surface area contributed by atoms with Gasteiger partial charge >= 0.3 is 0 Å². The molecule has 2 nitrogen and oxygen atoms in total. The molecular formula is C10H19NO. The average Bonchev–Trinajstić information content (AvgIpc) is 2.65. The number of nitrogens with one attached hydrogen (secondary N) is 1. The number of ether oxygens (including phenoxy) is 1. The van der Waals surface area contributed by atoms with Crippen molar-refractivity contribution >= 4 is 0 Å². The van der Waals surface area contributed by atoms with Crippen LogP contribution < -0.4 is 5.32 Å². The van der Waals surface area contributed by atoms with Crippen molar-refractivity contribution in [3.8, 4) is 0 Å². The third-order valence-electron chi connectivity index (χ3n) is 3.50. The van der Waals surface area contributed by atoms with E-state index in [1.807, 2.05) is 0 Å². The van der Waals surface area contributed by atoms with Gasteiger partial charge in [0.15, 0.2) is 0 Å². The molecule has 0 aromatic heterocycles. The lowest BCUT2D eigenvalue weighted by Gasteiger charge is -2.30. The van der Waals surface area contributed by atoms with Crippen LogP contribution >= 0.6 is 0 Å². The van der Waals surface area contributed by atoms with Gasteiger partial charge in [-0.05, 0) is 24.2 Å². The lowest BCUT2D eigenvalue weighted by atomic mass is 9.92. The van der Waals surface area contributed by atoms with E-state index in [1.165, 1.54) is 19.4 Å². The van der Waals surface area contributed by atoms with Gasteiger partial charge in [0.1, 0.15) is 0 Å². The summed E-state index contributed by atoms with van der Waals surface area (Å²) in [5, 5.41) is 3.58. The van der Waals surface area contributed by atoms with Gasteiger partial charge in [-0.2, -0.15) is 0 Å². The van der Waals surface area contributed by atoms with Crippen molar-refractivity contribution in [2.45, 2.75) is 32.7 Å². The topological polar surface area (TPSA) is 21.3 Å². The van der Waals surface area contributed by atoms with E-state index < -0.39 is 0 Å². The molecule has 2 heteroatoms. The van der Waals surface area contributed by atoms with Gasteiger partial charge in [-0.1, -0.05) is 13.8 Å². The fraction of sp³-hybridized carbons (Fsp3) is 1.00. The molecule has 1 N–H and O–H groups in total. The maximum Gasteiger partial charge on any atom is 0.0643 e. The Kier molecular flexibility index (Phi) is 2.13. The molecule has 1 aliphatic heterocycles. The third kappa shape index (κ3) is 1.50. The van der Waals surface area contributed by atoms with Crippen LogP contribution in [0.15, 0.2) is 0 Å². The summed E-state index contributed by atoms with van der Waals surface area (Å²) in [5.74, 6) is 0.839. The Bertz CT molecular complexity index is 159.